The Morgan fingerprint density at radius 2 is 0.556 bits per heavy atom. The van der Waals surface area contributed by atoms with Crippen molar-refractivity contribution < 1.29 is 29.4 Å². The number of carboxylic acid groups (broad SMARTS) is 2. The van der Waals surface area contributed by atoms with Crippen LogP contribution in [0.2, 0.25) is 0 Å². The predicted molar refractivity (Wildman–Crippen MR) is 224 cm³/mol. The lowest BCUT2D eigenvalue weighted by Gasteiger charge is -2.36. The third-order valence-corrected chi connectivity index (χ3v) is 12.0. The van der Waals surface area contributed by atoms with E-state index in [9.17, 15) is 29.4 Å². The SMILES string of the molecule is CCCCCCCCCCCCCCCCCCNC(=O)C1CC(C(=O)O)C(C(=O)O)CC1C(=O)NCCCCCCCCCCCCCCCCCC. The maximum Gasteiger partial charge on any atom is 0.307 e. The number of hydrogen-bond acceptors (Lipinski definition) is 4. The summed E-state index contributed by atoms with van der Waals surface area (Å²) in [5.41, 5.74) is 0. The first-order valence-corrected chi connectivity index (χ1v) is 23.3. The molecule has 1 aliphatic carbocycles. The monoisotopic (exact) mass is 763 g/mol. The molecule has 1 rings (SSSR count). The fourth-order valence-electron chi connectivity index (χ4n) is 8.36. The Morgan fingerprint density at radius 1 is 0.352 bits per heavy atom. The van der Waals surface area contributed by atoms with Crippen LogP contribution in [0.5, 0.6) is 0 Å². The van der Waals surface area contributed by atoms with Gasteiger partial charge < -0.3 is 20.8 Å². The van der Waals surface area contributed by atoms with E-state index in [1.54, 1.807) is 0 Å². The van der Waals surface area contributed by atoms with Gasteiger partial charge in [-0.1, -0.05) is 206 Å². The maximum atomic E-state index is 13.3. The Labute approximate surface area is 331 Å². The third kappa shape index (κ3) is 25.9. The van der Waals surface area contributed by atoms with Gasteiger partial charge in [-0.25, -0.2) is 0 Å². The molecule has 4 N–H and O–H groups in total. The van der Waals surface area contributed by atoms with Gasteiger partial charge in [-0.3, -0.25) is 19.2 Å². The second kappa shape index (κ2) is 35.3. The maximum absolute atomic E-state index is 13.3. The molecule has 1 fully saturated rings. The highest BCUT2D eigenvalue weighted by Gasteiger charge is 2.48. The van der Waals surface area contributed by atoms with E-state index in [0.717, 1.165) is 38.5 Å². The highest BCUT2D eigenvalue weighted by molar-refractivity contribution is 5.90. The lowest BCUT2D eigenvalue weighted by atomic mass is 9.67. The van der Waals surface area contributed by atoms with Crippen molar-refractivity contribution in [3.63, 3.8) is 0 Å². The number of nitrogens with one attached hydrogen (secondary N) is 2. The van der Waals surface area contributed by atoms with Gasteiger partial charge in [0, 0.05) is 13.1 Å². The zero-order chi connectivity index (χ0) is 39.5. The number of carbonyl (C=O) groups is 4. The molecule has 2 amide bonds. The minimum Gasteiger partial charge on any atom is -0.481 e. The van der Waals surface area contributed by atoms with Crippen LogP contribution in [0.1, 0.15) is 232 Å². The van der Waals surface area contributed by atoms with Gasteiger partial charge in [0.15, 0.2) is 0 Å². The van der Waals surface area contributed by atoms with Gasteiger partial charge in [0.2, 0.25) is 11.8 Å². The van der Waals surface area contributed by atoms with Crippen molar-refractivity contribution in [1.29, 1.82) is 0 Å². The summed E-state index contributed by atoms with van der Waals surface area (Å²) in [5, 5.41) is 25.5. The molecule has 4 unspecified atom stereocenters. The van der Waals surface area contributed by atoms with Crippen LogP contribution in [-0.4, -0.2) is 47.1 Å². The van der Waals surface area contributed by atoms with E-state index in [1.807, 2.05) is 0 Å². The van der Waals surface area contributed by atoms with Crippen molar-refractivity contribution in [1.82, 2.24) is 10.6 Å². The summed E-state index contributed by atoms with van der Waals surface area (Å²) >= 11 is 0. The molecular formula is C46H86N2O6. The number of aliphatic carboxylic acids is 2. The number of carbonyl (C=O) groups excluding carboxylic acids is 2. The normalized spacial score (nSPS) is 18.4. The molecule has 0 aromatic heterocycles. The minimum absolute atomic E-state index is 0.131. The Balaban J connectivity index is 2.26. The summed E-state index contributed by atoms with van der Waals surface area (Å²) in [6.07, 6.45) is 40.5. The van der Waals surface area contributed by atoms with Crippen molar-refractivity contribution in [2.75, 3.05) is 13.1 Å². The first kappa shape index (κ1) is 49.9. The van der Waals surface area contributed by atoms with Crippen LogP contribution in [0.3, 0.4) is 0 Å². The molecule has 1 aliphatic rings. The minimum atomic E-state index is -1.22. The Bertz CT molecular complexity index is 868. The topological polar surface area (TPSA) is 133 Å². The van der Waals surface area contributed by atoms with Crippen LogP contribution < -0.4 is 10.6 Å². The van der Waals surface area contributed by atoms with Crippen LogP contribution in [0.15, 0.2) is 0 Å². The summed E-state index contributed by atoms with van der Waals surface area (Å²) in [7, 11) is 0. The van der Waals surface area contributed by atoms with E-state index < -0.39 is 35.6 Å². The molecule has 8 nitrogen and oxygen atoms in total. The van der Waals surface area contributed by atoms with E-state index in [-0.39, 0.29) is 24.7 Å². The summed E-state index contributed by atoms with van der Waals surface area (Å²) in [6, 6.07) is 0. The molecule has 0 radical (unpaired) electrons. The fourth-order valence-corrected chi connectivity index (χ4v) is 8.36. The molecule has 0 aromatic rings. The Kier molecular flexibility index (Phi) is 32.6. The molecule has 4 atom stereocenters. The van der Waals surface area contributed by atoms with Gasteiger partial charge in [0.25, 0.3) is 0 Å². The number of hydrogen-bond donors (Lipinski definition) is 4. The molecular weight excluding hydrogens is 677 g/mol. The van der Waals surface area contributed by atoms with Crippen LogP contribution in [-0.2, 0) is 19.2 Å². The van der Waals surface area contributed by atoms with E-state index in [1.165, 1.54) is 167 Å². The fraction of sp³-hybridized carbons (Fsp3) is 0.913. The second-order valence-corrected chi connectivity index (χ2v) is 16.8. The van der Waals surface area contributed by atoms with Crippen LogP contribution in [0.4, 0.5) is 0 Å². The largest absolute Gasteiger partial charge is 0.481 e. The molecule has 8 heteroatoms. The van der Waals surface area contributed by atoms with E-state index in [0.29, 0.717) is 13.1 Å². The highest BCUT2D eigenvalue weighted by atomic mass is 16.4. The molecule has 0 spiro atoms. The average molecular weight is 763 g/mol. The number of amides is 2. The molecule has 54 heavy (non-hydrogen) atoms. The molecule has 316 valence electrons. The first-order valence-electron chi connectivity index (χ1n) is 23.3. The van der Waals surface area contributed by atoms with Gasteiger partial charge in [0.05, 0.1) is 23.7 Å². The first-order chi connectivity index (χ1) is 26.3. The molecule has 0 aliphatic heterocycles. The molecule has 1 saturated carbocycles. The van der Waals surface area contributed by atoms with Gasteiger partial charge in [-0.05, 0) is 25.7 Å². The number of carboxylic acids is 2. The lowest BCUT2D eigenvalue weighted by molar-refractivity contribution is -0.161. The smallest absolute Gasteiger partial charge is 0.307 e. The summed E-state index contributed by atoms with van der Waals surface area (Å²) < 4.78 is 0. The van der Waals surface area contributed by atoms with Crippen molar-refractivity contribution in [3.8, 4) is 0 Å². The van der Waals surface area contributed by atoms with Crippen LogP contribution >= 0.6 is 0 Å². The van der Waals surface area contributed by atoms with Crippen molar-refractivity contribution >= 4 is 23.8 Å². The number of rotatable bonds is 38. The van der Waals surface area contributed by atoms with Crippen molar-refractivity contribution in [2.24, 2.45) is 23.7 Å². The number of unbranched alkanes of at least 4 members (excludes halogenated alkanes) is 30. The molecule has 0 bridgehead atoms. The molecule has 0 saturated heterocycles. The van der Waals surface area contributed by atoms with E-state index in [2.05, 4.69) is 24.5 Å². The van der Waals surface area contributed by atoms with Crippen LogP contribution in [0, 0.1) is 23.7 Å². The van der Waals surface area contributed by atoms with Gasteiger partial charge in [0.1, 0.15) is 0 Å². The summed E-state index contributed by atoms with van der Waals surface area (Å²) in [6.45, 7) is 5.50. The van der Waals surface area contributed by atoms with Gasteiger partial charge in [-0.2, -0.15) is 0 Å². The second-order valence-electron chi connectivity index (χ2n) is 16.8. The zero-order valence-corrected chi connectivity index (χ0v) is 35.3. The van der Waals surface area contributed by atoms with E-state index in [4.69, 9.17) is 0 Å². The zero-order valence-electron chi connectivity index (χ0n) is 35.3. The highest BCUT2D eigenvalue weighted by Crippen LogP contribution is 2.39. The van der Waals surface area contributed by atoms with Crippen LogP contribution in [0.25, 0.3) is 0 Å². The average Bonchev–Trinajstić information content (AvgIpc) is 3.16. The predicted octanol–water partition coefficient (Wildman–Crippen LogP) is 12.2. The quantitative estimate of drug-likeness (QED) is 0.0463. The van der Waals surface area contributed by atoms with E-state index >= 15 is 0 Å². The Hall–Kier alpha value is -2.12. The lowest BCUT2D eigenvalue weighted by Crippen LogP contribution is -2.50. The summed E-state index contributed by atoms with van der Waals surface area (Å²) in [4.78, 5) is 50.6. The molecule has 0 aromatic carbocycles. The molecule has 0 heterocycles. The van der Waals surface area contributed by atoms with Gasteiger partial charge in [-0.15, -0.1) is 0 Å². The summed E-state index contributed by atoms with van der Waals surface area (Å²) in [5.74, 6) is -7.13. The Morgan fingerprint density at radius 3 is 0.759 bits per heavy atom. The van der Waals surface area contributed by atoms with Crippen molar-refractivity contribution in [3.05, 3.63) is 0 Å². The third-order valence-electron chi connectivity index (χ3n) is 12.0. The van der Waals surface area contributed by atoms with Crippen molar-refractivity contribution in [2.45, 2.75) is 232 Å². The van der Waals surface area contributed by atoms with Gasteiger partial charge >= 0.3 is 11.9 Å². The standard InChI is InChI=1S/C46H86N2O6/c1-3-5-7-9-11-13-15-17-19-21-23-25-27-29-31-33-35-47-43(49)39-37-41(45(51)52)42(46(53)54)38-40(39)44(50)48-36-34-32-30-28-26-24-22-20-18-16-14-12-10-8-6-4-2/h39-42H,3-38H2,1-2H3,(H,47,49)(H,48,50)(H,51,52)(H,53,54).